The fourth-order valence-corrected chi connectivity index (χ4v) is 1.77. The van der Waals surface area contributed by atoms with Crippen molar-refractivity contribution in [2.45, 2.75) is 13.1 Å². The average Bonchev–Trinajstić information content (AvgIpc) is 2.47. The maximum atomic E-state index is 12.8. The number of carbonyl (C=O) groups is 1. The molecule has 0 unspecified atom stereocenters. The number of rotatable bonds is 3. The Kier molecular flexibility index (Phi) is 4.21. The molecular formula is C14H11F3N2O2. The van der Waals surface area contributed by atoms with Gasteiger partial charge < -0.3 is 4.74 Å². The first-order valence-corrected chi connectivity index (χ1v) is 6.08. The van der Waals surface area contributed by atoms with E-state index in [0.717, 1.165) is 12.1 Å². The number of ether oxygens (including phenoxy) is 1. The van der Waals surface area contributed by atoms with Gasteiger partial charge in [-0.25, -0.2) is 14.8 Å². The Morgan fingerprint density at radius 1 is 1.29 bits per heavy atom. The lowest BCUT2D eigenvalue weighted by Gasteiger charge is -2.12. The van der Waals surface area contributed by atoms with Gasteiger partial charge in [0.2, 0.25) is 0 Å². The Labute approximate surface area is 118 Å². The van der Waals surface area contributed by atoms with Crippen LogP contribution in [0.25, 0.3) is 11.3 Å². The molecule has 1 aromatic carbocycles. The molecule has 1 aromatic heterocycles. The lowest BCUT2D eigenvalue weighted by molar-refractivity contribution is -0.137. The molecule has 7 heteroatoms. The molecule has 0 aliphatic rings. The minimum Gasteiger partial charge on any atom is -0.462 e. The zero-order chi connectivity index (χ0) is 15.5. The van der Waals surface area contributed by atoms with Crippen LogP contribution >= 0.6 is 0 Å². The van der Waals surface area contributed by atoms with Crippen LogP contribution in [0.1, 0.15) is 22.8 Å². The van der Waals surface area contributed by atoms with Crippen molar-refractivity contribution in [3.8, 4) is 11.3 Å². The van der Waals surface area contributed by atoms with Crippen LogP contribution in [0.15, 0.2) is 36.8 Å². The number of aromatic nitrogens is 2. The molecule has 4 nitrogen and oxygen atoms in total. The second-order valence-electron chi connectivity index (χ2n) is 4.07. The fraction of sp³-hybridized carbons (Fsp3) is 0.214. The molecule has 2 aromatic rings. The molecule has 1 heterocycles. The van der Waals surface area contributed by atoms with Crippen LogP contribution in [0.5, 0.6) is 0 Å². The molecule has 0 atom stereocenters. The number of benzene rings is 1. The molecule has 0 saturated heterocycles. The van der Waals surface area contributed by atoms with Crippen LogP contribution in [0, 0.1) is 0 Å². The van der Waals surface area contributed by atoms with Crippen molar-refractivity contribution in [1.82, 2.24) is 9.97 Å². The smallest absolute Gasteiger partial charge is 0.416 e. The van der Waals surface area contributed by atoms with Gasteiger partial charge in [0.1, 0.15) is 6.33 Å². The number of nitrogens with zero attached hydrogens (tertiary/aromatic N) is 2. The van der Waals surface area contributed by atoms with Gasteiger partial charge >= 0.3 is 12.1 Å². The maximum absolute atomic E-state index is 12.8. The predicted octanol–water partition coefficient (Wildman–Crippen LogP) is 3.34. The highest BCUT2D eigenvalue weighted by atomic mass is 19.4. The summed E-state index contributed by atoms with van der Waals surface area (Å²) in [6, 6.07) is 4.39. The van der Waals surface area contributed by atoms with Gasteiger partial charge in [0.25, 0.3) is 0 Å². The van der Waals surface area contributed by atoms with Gasteiger partial charge in [-0.3, -0.25) is 0 Å². The van der Waals surface area contributed by atoms with Gasteiger partial charge in [0.15, 0.2) is 0 Å². The van der Waals surface area contributed by atoms with Crippen molar-refractivity contribution in [2.24, 2.45) is 0 Å². The van der Waals surface area contributed by atoms with E-state index in [1.165, 1.54) is 24.7 Å². The molecular weight excluding hydrogens is 285 g/mol. The summed E-state index contributed by atoms with van der Waals surface area (Å²) in [5.74, 6) is -0.822. The monoisotopic (exact) mass is 296 g/mol. The molecule has 0 aliphatic carbocycles. The third-order valence-electron chi connectivity index (χ3n) is 2.70. The van der Waals surface area contributed by atoms with Crippen LogP contribution in [-0.2, 0) is 10.9 Å². The van der Waals surface area contributed by atoms with Crippen LogP contribution < -0.4 is 0 Å². The molecule has 0 bridgehead atoms. The molecule has 0 amide bonds. The first kappa shape index (κ1) is 15.0. The largest absolute Gasteiger partial charge is 0.462 e. The van der Waals surface area contributed by atoms with Crippen molar-refractivity contribution in [2.75, 3.05) is 6.61 Å². The van der Waals surface area contributed by atoms with Crippen molar-refractivity contribution >= 4 is 5.97 Å². The summed E-state index contributed by atoms with van der Waals surface area (Å²) < 4.78 is 43.1. The third kappa shape index (κ3) is 3.36. The third-order valence-corrected chi connectivity index (χ3v) is 2.70. The molecule has 0 aliphatic heterocycles. The molecule has 0 fully saturated rings. The summed E-state index contributed by atoms with van der Waals surface area (Å²) in [4.78, 5) is 19.6. The lowest BCUT2D eigenvalue weighted by Crippen LogP contribution is -2.11. The zero-order valence-corrected chi connectivity index (χ0v) is 11.0. The number of hydrogen-bond donors (Lipinski definition) is 0. The van der Waals surface area contributed by atoms with Gasteiger partial charge in [-0.1, -0.05) is 6.07 Å². The summed E-state index contributed by atoms with van der Waals surface area (Å²) in [5.41, 5.74) is -0.473. The van der Waals surface area contributed by atoms with E-state index in [1.807, 2.05) is 0 Å². The quantitative estimate of drug-likeness (QED) is 0.815. The van der Waals surface area contributed by atoms with E-state index in [9.17, 15) is 18.0 Å². The SMILES string of the molecule is CCOC(=O)c1cc(C(F)(F)F)ccc1-c1ccncn1. The van der Waals surface area contributed by atoms with Crippen LogP contribution in [-0.4, -0.2) is 22.5 Å². The molecule has 0 N–H and O–H groups in total. The highest BCUT2D eigenvalue weighted by Gasteiger charge is 2.32. The normalized spacial score (nSPS) is 11.2. The van der Waals surface area contributed by atoms with Crippen molar-refractivity contribution in [3.05, 3.63) is 47.9 Å². The molecule has 110 valence electrons. The minimum absolute atomic E-state index is 0.0678. The van der Waals surface area contributed by atoms with E-state index in [4.69, 9.17) is 4.74 Å². The van der Waals surface area contributed by atoms with E-state index in [0.29, 0.717) is 5.69 Å². The van der Waals surface area contributed by atoms with Gasteiger partial charge in [0.05, 0.1) is 23.4 Å². The van der Waals surface area contributed by atoms with Gasteiger partial charge in [-0.05, 0) is 25.1 Å². The number of halogens is 3. The van der Waals surface area contributed by atoms with E-state index in [-0.39, 0.29) is 17.7 Å². The highest BCUT2D eigenvalue weighted by molar-refractivity contribution is 5.97. The number of alkyl halides is 3. The van der Waals surface area contributed by atoms with Crippen LogP contribution in [0.3, 0.4) is 0 Å². The fourth-order valence-electron chi connectivity index (χ4n) is 1.77. The van der Waals surface area contributed by atoms with Crippen molar-refractivity contribution in [3.63, 3.8) is 0 Å². The minimum atomic E-state index is -4.54. The number of carbonyl (C=O) groups excluding carboxylic acids is 1. The summed E-state index contributed by atoms with van der Waals surface area (Å²) in [5, 5.41) is 0. The van der Waals surface area contributed by atoms with E-state index in [1.54, 1.807) is 6.92 Å². The topological polar surface area (TPSA) is 52.1 Å². The van der Waals surface area contributed by atoms with Crippen LogP contribution in [0.4, 0.5) is 13.2 Å². The Morgan fingerprint density at radius 3 is 2.62 bits per heavy atom. The second-order valence-corrected chi connectivity index (χ2v) is 4.07. The summed E-state index contributed by atoms with van der Waals surface area (Å²) in [6.07, 6.45) is -1.84. The number of esters is 1. The van der Waals surface area contributed by atoms with Gasteiger partial charge in [-0.2, -0.15) is 13.2 Å². The summed E-state index contributed by atoms with van der Waals surface area (Å²) in [6.45, 7) is 1.65. The Hall–Kier alpha value is -2.44. The second kappa shape index (κ2) is 5.90. The van der Waals surface area contributed by atoms with Gasteiger partial charge in [0, 0.05) is 11.8 Å². The summed E-state index contributed by atoms with van der Waals surface area (Å²) in [7, 11) is 0. The molecule has 2 rings (SSSR count). The Balaban J connectivity index is 2.57. The zero-order valence-electron chi connectivity index (χ0n) is 11.0. The standard InChI is InChI=1S/C14H11F3N2O2/c1-2-21-13(20)11-7-9(14(15,16)17)3-4-10(11)12-5-6-18-8-19-12/h3-8H,2H2,1H3. The molecule has 21 heavy (non-hydrogen) atoms. The average molecular weight is 296 g/mol. The maximum Gasteiger partial charge on any atom is 0.416 e. The van der Waals surface area contributed by atoms with E-state index in [2.05, 4.69) is 9.97 Å². The summed E-state index contributed by atoms with van der Waals surface area (Å²) >= 11 is 0. The van der Waals surface area contributed by atoms with E-state index < -0.39 is 17.7 Å². The first-order valence-electron chi connectivity index (χ1n) is 6.08. The molecule has 0 spiro atoms. The number of hydrogen-bond acceptors (Lipinski definition) is 4. The molecule has 0 saturated carbocycles. The Morgan fingerprint density at radius 2 is 2.05 bits per heavy atom. The lowest BCUT2D eigenvalue weighted by atomic mass is 10.0. The van der Waals surface area contributed by atoms with Crippen molar-refractivity contribution < 1.29 is 22.7 Å². The highest BCUT2D eigenvalue weighted by Crippen LogP contribution is 2.33. The first-order chi connectivity index (χ1) is 9.93. The van der Waals surface area contributed by atoms with Crippen LogP contribution in [0.2, 0.25) is 0 Å². The molecule has 0 radical (unpaired) electrons. The van der Waals surface area contributed by atoms with E-state index >= 15 is 0 Å². The van der Waals surface area contributed by atoms with Gasteiger partial charge in [-0.15, -0.1) is 0 Å². The van der Waals surface area contributed by atoms with Crippen molar-refractivity contribution in [1.29, 1.82) is 0 Å². The Bertz CT molecular complexity index is 642. The predicted molar refractivity (Wildman–Crippen MR) is 68.4 cm³/mol.